The number of H-pyrrole nitrogens is 1. The molecule has 2 aromatic rings. The summed E-state index contributed by atoms with van der Waals surface area (Å²) in [5.41, 5.74) is 2.86. The van der Waals surface area contributed by atoms with Gasteiger partial charge in [-0.2, -0.15) is 0 Å². The fraction of sp³-hybridized carbons (Fsp3) is 0.562. The minimum absolute atomic E-state index is 0.631. The normalized spacial score (nSPS) is 13.1. The maximum atomic E-state index is 6.70. The molecule has 2 heterocycles. The molecule has 0 aliphatic heterocycles. The highest BCUT2D eigenvalue weighted by atomic mass is 127. The molecule has 0 atom stereocenters. The van der Waals surface area contributed by atoms with E-state index in [0.29, 0.717) is 16.6 Å². The summed E-state index contributed by atoms with van der Waals surface area (Å²) in [5, 5.41) is 3.51. The van der Waals surface area contributed by atoms with E-state index in [1.54, 1.807) is 0 Å². The minimum atomic E-state index is -1.80. The van der Waals surface area contributed by atoms with Crippen molar-refractivity contribution in [1.29, 1.82) is 0 Å². The number of aromatic amines is 1. The molecule has 0 aromatic carbocycles. The molecule has 0 saturated carbocycles. The van der Waals surface area contributed by atoms with Crippen molar-refractivity contribution in [1.82, 2.24) is 9.97 Å². The first-order valence-corrected chi connectivity index (χ1v) is 11.2. The molecule has 0 bridgehead atoms. The van der Waals surface area contributed by atoms with Crippen molar-refractivity contribution >= 4 is 58.5 Å². The average Bonchev–Trinajstić information content (AvgIpc) is 2.73. The quantitative estimate of drug-likeness (QED) is 0.485. The lowest BCUT2D eigenvalue weighted by atomic mass is 10.3. The molecule has 0 radical (unpaired) electrons. The van der Waals surface area contributed by atoms with Crippen LogP contribution in [0.15, 0.2) is 12.4 Å². The van der Waals surface area contributed by atoms with Gasteiger partial charge in [0.1, 0.15) is 5.65 Å². The van der Waals surface area contributed by atoms with Gasteiger partial charge in [0, 0.05) is 21.4 Å². The lowest BCUT2D eigenvalue weighted by molar-refractivity contribution is 0.836. The smallest absolute Gasteiger partial charge is 0.138 e. The predicted octanol–water partition coefficient (Wildman–Crippen LogP) is 5.71. The van der Waals surface area contributed by atoms with E-state index >= 15 is 0 Å². The van der Waals surface area contributed by atoms with Crippen LogP contribution in [0.25, 0.3) is 11.0 Å². The largest absolute Gasteiger partial charge is 0.345 e. The van der Waals surface area contributed by atoms with Crippen LogP contribution in [0.5, 0.6) is 0 Å². The highest BCUT2D eigenvalue weighted by Crippen LogP contribution is 2.43. The van der Waals surface area contributed by atoms with E-state index < -0.39 is 8.07 Å². The molecule has 0 amide bonds. The monoisotopic (exact) mass is 434 g/mol. The second-order valence-corrected chi connectivity index (χ2v) is 14.1. The van der Waals surface area contributed by atoms with Crippen molar-refractivity contribution in [3.8, 4) is 0 Å². The van der Waals surface area contributed by atoms with Crippen LogP contribution >= 0.6 is 34.2 Å². The van der Waals surface area contributed by atoms with E-state index in [1.165, 1.54) is 14.1 Å². The SMILES string of the molecule is CC(C)[Si](c1c(Cl)cnc2[nH]cc(I)c12)(C(C)C)C(C)C. The number of fused-ring (bicyclic) bond motifs is 1. The van der Waals surface area contributed by atoms with Gasteiger partial charge in [-0.25, -0.2) is 4.98 Å². The lowest BCUT2D eigenvalue weighted by Gasteiger charge is -2.44. The van der Waals surface area contributed by atoms with Crippen molar-refractivity contribution in [2.75, 3.05) is 0 Å². The molecule has 1 N–H and O–H groups in total. The maximum absolute atomic E-state index is 6.70. The second kappa shape index (κ2) is 6.20. The van der Waals surface area contributed by atoms with E-state index in [9.17, 15) is 0 Å². The average molecular weight is 435 g/mol. The Hall–Kier alpha value is -0.0731. The molecule has 21 heavy (non-hydrogen) atoms. The first-order valence-electron chi connectivity index (χ1n) is 7.56. The van der Waals surface area contributed by atoms with E-state index in [4.69, 9.17) is 11.6 Å². The van der Waals surface area contributed by atoms with Crippen LogP contribution in [-0.4, -0.2) is 18.0 Å². The number of aromatic nitrogens is 2. The summed E-state index contributed by atoms with van der Waals surface area (Å²) in [6, 6.07) is 0. The molecule has 0 saturated heterocycles. The van der Waals surface area contributed by atoms with Gasteiger partial charge in [0.05, 0.1) is 13.1 Å². The van der Waals surface area contributed by atoms with E-state index in [1.807, 2.05) is 12.4 Å². The summed E-state index contributed by atoms with van der Waals surface area (Å²) in [5.74, 6) is 0. The Bertz CT molecular complexity index is 627. The van der Waals surface area contributed by atoms with Gasteiger partial charge in [-0.15, -0.1) is 0 Å². The Morgan fingerprint density at radius 3 is 2.10 bits per heavy atom. The fourth-order valence-electron chi connectivity index (χ4n) is 4.32. The number of hydrogen-bond acceptors (Lipinski definition) is 1. The Kier molecular flexibility index (Phi) is 5.10. The number of halogens is 2. The van der Waals surface area contributed by atoms with Crippen molar-refractivity contribution in [3.05, 3.63) is 21.0 Å². The van der Waals surface area contributed by atoms with Crippen LogP contribution in [0.2, 0.25) is 21.6 Å². The highest BCUT2D eigenvalue weighted by Gasteiger charge is 2.47. The second-order valence-electron chi connectivity index (χ2n) is 6.74. The van der Waals surface area contributed by atoms with Crippen molar-refractivity contribution in [3.63, 3.8) is 0 Å². The van der Waals surface area contributed by atoms with Gasteiger partial charge in [0.15, 0.2) is 0 Å². The van der Waals surface area contributed by atoms with Gasteiger partial charge >= 0.3 is 0 Å². The van der Waals surface area contributed by atoms with Crippen LogP contribution in [0, 0.1) is 3.57 Å². The Labute approximate surface area is 147 Å². The summed E-state index contributed by atoms with van der Waals surface area (Å²) in [7, 11) is -1.80. The summed E-state index contributed by atoms with van der Waals surface area (Å²) in [6.45, 7) is 14.2. The molecule has 5 heteroatoms. The topological polar surface area (TPSA) is 28.7 Å². The Morgan fingerprint density at radius 1 is 1.10 bits per heavy atom. The Morgan fingerprint density at radius 2 is 1.62 bits per heavy atom. The van der Waals surface area contributed by atoms with Crippen molar-refractivity contribution < 1.29 is 0 Å². The molecule has 2 nitrogen and oxygen atoms in total. The summed E-state index contributed by atoms with van der Waals surface area (Å²) in [4.78, 5) is 7.77. The number of nitrogens with one attached hydrogen (secondary N) is 1. The first-order chi connectivity index (χ1) is 9.74. The van der Waals surface area contributed by atoms with Crippen molar-refractivity contribution in [2.45, 2.75) is 58.2 Å². The molecule has 0 aliphatic carbocycles. The van der Waals surface area contributed by atoms with E-state index in [-0.39, 0.29) is 0 Å². The highest BCUT2D eigenvalue weighted by molar-refractivity contribution is 14.1. The zero-order valence-electron chi connectivity index (χ0n) is 13.6. The summed E-state index contributed by atoms with van der Waals surface area (Å²) < 4.78 is 1.23. The standard InChI is InChI=1S/C16H24ClIN2Si/c1-9(2)21(10(3)4,11(5)6)15-12(17)7-19-16-14(15)13(18)8-20-16/h7-11H,1-6H3,(H,19,20). The minimum Gasteiger partial charge on any atom is -0.345 e. The predicted molar refractivity (Wildman–Crippen MR) is 105 cm³/mol. The van der Waals surface area contributed by atoms with Crippen molar-refractivity contribution in [2.24, 2.45) is 0 Å². The molecule has 0 spiro atoms. The molecule has 0 aliphatic rings. The molecule has 2 rings (SSSR count). The zero-order chi connectivity index (χ0) is 15.9. The lowest BCUT2D eigenvalue weighted by Crippen LogP contribution is -2.56. The number of pyridine rings is 1. The van der Waals surface area contributed by atoms with Crippen LogP contribution < -0.4 is 5.19 Å². The van der Waals surface area contributed by atoms with E-state index in [0.717, 1.165) is 10.7 Å². The maximum Gasteiger partial charge on any atom is 0.138 e. The number of nitrogens with zero attached hydrogens (tertiary/aromatic N) is 1. The van der Waals surface area contributed by atoms with Crippen LogP contribution in [-0.2, 0) is 0 Å². The third kappa shape index (κ3) is 2.57. The van der Waals surface area contributed by atoms with Crippen LogP contribution in [0.3, 0.4) is 0 Å². The van der Waals surface area contributed by atoms with Crippen LogP contribution in [0.4, 0.5) is 0 Å². The van der Waals surface area contributed by atoms with Gasteiger partial charge in [0.25, 0.3) is 0 Å². The molecule has 116 valence electrons. The van der Waals surface area contributed by atoms with Gasteiger partial charge in [-0.3, -0.25) is 0 Å². The van der Waals surface area contributed by atoms with Gasteiger partial charge in [-0.05, 0) is 44.4 Å². The number of rotatable bonds is 4. The first kappa shape index (κ1) is 17.3. The molecule has 2 aromatic heterocycles. The number of hydrogen-bond donors (Lipinski definition) is 1. The summed E-state index contributed by atoms with van der Waals surface area (Å²) >= 11 is 9.10. The third-order valence-electron chi connectivity index (χ3n) is 4.91. The van der Waals surface area contributed by atoms with Gasteiger partial charge < -0.3 is 4.98 Å². The molecule has 0 unspecified atom stereocenters. The zero-order valence-corrected chi connectivity index (χ0v) is 17.5. The van der Waals surface area contributed by atoms with Gasteiger partial charge in [-0.1, -0.05) is 53.1 Å². The van der Waals surface area contributed by atoms with Gasteiger partial charge in [0.2, 0.25) is 0 Å². The fourth-order valence-corrected chi connectivity index (χ4v) is 12.8. The molecular weight excluding hydrogens is 411 g/mol. The molecular formula is C16H24ClIN2Si. The third-order valence-corrected chi connectivity index (χ3v) is 13.3. The van der Waals surface area contributed by atoms with E-state index in [2.05, 4.69) is 74.1 Å². The molecule has 0 fully saturated rings. The summed E-state index contributed by atoms with van der Waals surface area (Å²) in [6.07, 6.45) is 3.87. The van der Waals surface area contributed by atoms with Crippen LogP contribution in [0.1, 0.15) is 41.5 Å². The Balaban J connectivity index is 2.95.